The highest BCUT2D eigenvalue weighted by atomic mass is 16.5. The predicted octanol–water partition coefficient (Wildman–Crippen LogP) is 5.44. The highest BCUT2D eigenvalue weighted by Crippen LogP contribution is 2.35. The second-order valence-corrected chi connectivity index (χ2v) is 8.20. The van der Waals surface area contributed by atoms with Gasteiger partial charge in [-0.3, -0.25) is 14.2 Å². The first kappa shape index (κ1) is 21.7. The van der Waals surface area contributed by atoms with Crippen molar-refractivity contribution in [2.75, 3.05) is 13.7 Å². The molecule has 1 aliphatic heterocycles. The standard InChI is InChI=1S/C27H26N4O3/c1-3-25(32)30-15-5-4-9-23(30)27-29-26(24-18-28-14-16-31(24)27)19-10-12-20(13-11-19)34-22-8-6-7-21(17-22)33-2/h3,6-8,10-14,16-18,23H,1,4-5,9,15H2,2H3. The number of benzene rings is 2. The van der Waals surface area contributed by atoms with Crippen LogP contribution in [0.5, 0.6) is 17.2 Å². The number of ether oxygens (including phenoxy) is 2. The number of hydrogen-bond acceptors (Lipinski definition) is 5. The van der Waals surface area contributed by atoms with Crippen LogP contribution in [0, 0.1) is 0 Å². The quantitative estimate of drug-likeness (QED) is 0.363. The number of amides is 1. The highest BCUT2D eigenvalue weighted by molar-refractivity contribution is 5.87. The first-order valence-corrected chi connectivity index (χ1v) is 11.4. The molecule has 0 aliphatic carbocycles. The van der Waals surface area contributed by atoms with Crippen LogP contribution in [0.25, 0.3) is 16.8 Å². The zero-order valence-electron chi connectivity index (χ0n) is 19.1. The Morgan fingerprint density at radius 1 is 1.12 bits per heavy atom. The average molecular weight is 455 g/mol. The van der Waals surface area contributed by atoms with Crippen LogP contribution >= 0.6 is 0 Å². The summed E-state index contributed by atoms with van der Waals surface area (Å²) < 4.78 is 13.3. The Morgan fingerprint density at radius 3 is 2.74 bits per heavy atom. The van der Waals surface area contributed by atoms with E-state index < -0.39 is 0 Å². The number of fused-ring (bicyclic) bond motifs is 1. The molecule has 7 nitrogen and oxygen atoms in total. The van der Waals surface area contributed by atoms with Gasteiger partial charge >= 0.3 is 0 Å². The molecule has 172 valence electrons. The van der Waals surface area contributed by atoms with E-state index in [0.29, 0.717) is 18.0 Å². The van der Waals surface area contributed by atoms with Gasteiger partial charge in [-0.25, -0.2) is 4.98 Å². The molecule has 7 heteroatoms. The predicted molar refractivity (Wildman–Crippen MR) is 130 cm³/mol. The summed E-state index contributed by atoms with van der Waals surface area (Å²) in [5.41, 5.74) is 2.68. The van der Waals surface area contributed by atoms with Gasteiger partial charge in [0.1, 0.15) is 23.1 Å². The van der Waals surface area contributed by atoms with E-state index >= 15 is 0 Å². The lowest BCUT2D eigenvalue weighted by atomic mass is 10.0. The van der Waals surface area contributed by atoms with Crippen molar-refractivity contribution < 1.29 is 14.3 Å². The zero-order valence-corrected chi connectivity index (χ0v) is 19.1. The van der Waals surface area contributed by atoms with Gasteiger partial charge in [-0.05, 0) is 61.7 Å². The molecule has 0 bridgehead atoms. The molecule has 0 N–H and O–H groups in total. The smallest absolute Gasteiger partial charge is 0.246 e. The van der Waals surface area contributed by atoms with E-state index in [1.807, 2.05) is 70.2 Å². The lowest BCUT2D eigenvalue weighted by Gasteiger charge is -2.34. The van der Waals surface area contributed by atoms with Gasteiger partial charge in [-0.2, -0.15) is 0 Å². The van der Waals surface area contributed by atoms with Gasteiger partial charge in [-0.15, -0.1) is 0 Å². The molecule has 1 aliphatic rings. The van der Waals surface area contributed by atoms with Crippen LogP contribution in [0.1, 0.15) is 31.1 Å². The maximum Gasteiger partial charge on any atom is 0.246 e. The third-order valence-electron chi connectivity index (χ3n) is 6.14. The number of carbonyl (C=O) groups is 1. The first-order valence-electron chi connectivity index (χ1n) is 11.4. The number of hydrogen-bond donors (Lipinski definition) is 0. The lowest BCUT2D eigenvalue weighted by Crippen LogP contribution is -2.38. The Bertz CT molecular complexity index is 1330. The third-order valence-corrected chi connectivity index (χ3v) is 6.14. The van der Waals surface area contributed by atoms with Crippen LogP contribution in [0.4, 0.5) is 0 Å². The number of nitrogens with zero attached hydrogens (tertiary/aromatic N) is 4. The minimum absolute atomic E-state index is 0.0592. The monoisotopic (exact) mass is 454 g/mol. The van der Waals surface area contributed by atoms with Gasteiger partial charge in [-0.1, -0.05) is 12.6 Å². The van der Waals surface area contributed by atoms with Crippen molar-refractivity contribution in [1.29, 1.82) is 0 Å². The average Bonchev–Trinajstić information content (AvgIpc) is 3.28. The zero-order chi connectivity index (χ0) is 23.5. The molecule has 34 heavy (non-hydrogen) atoms. The molecular formula is C27H26N4O3. The Kier molecular flexibility index (Phi) is 5.99. The first-order chi connectivity index (χ1) is 16.7. The maximum atomic E-state index is 12.5. The normalized spacial score (nSPS) is 15.8. The topological polar surface area (TPSA) is 69.0 Å². The van der Waals surface area contributed by atoms with Gasteiger partial charge in [0.2, 0.25) is 5.91 Å². The van der Waals surface area contributed by atoms with Crippen molar-refractivity contribution >= 4 is 11.4 Å². The van der Waals surface area contributed by atoms with Crippen molar-refractivity contribution in [3.05, 3.63) is 85.6 Å². The van der Waals surface area contributed by atoms with E-state index in [-0.39, 0.29) is 11.9 Å². The van der Waals surface area contributed by atoms with Crippen molar-refractivity contribution in [3.8, 4) is 28.5 Å². The van der Waals surface area contributed by atoms with E-state index in [9.17, 15) is 4.79 Å². The minimum atomic E-state index is -0.0985. The summed E-state index contributed by atoms with van der Waals surface area (Å²) >= 11 is 0. The van der Waals surface area contributed by atoms with Gasteiger partial charge in [0.25, 0.3) is 0 Å². The Hall–Kier alpha value is -4.13. The number of methoxy groups -OCH3 is 1. The van der Waals surface area contributed by atoms with Crippen molar-refractivity contribution in [1.82, 2.24) is 19.3 Å². The molecule has 1 saturated heterocycles. The molecule has 2 aromatic carbocycles. The summed E-state index contributed by atoms with van der Waals surface area (Å²) in [4.78, 5) is 23.8. The molecule has 0 spiro atoms. The molecule has 0 radical (unpaired) electrons. The fraction of sp³-hybridized carbons (Fsp3) is 0.222. The number of likely N-dealkylation sites (tertiary alicyclic amines) is 1. The number of piperidine rings is 1. The summed E-state index contributed by atoms with van der Waals surface area (Å²) in [7, 11) is 1.63. The number of aromatic nitrogens is 3. The molecule has 1 atom stereocenters. The summed E-state index contributed by atoms with van der Waals surface area (Å²) in [5, 5.41) is 0. The van der Waals surface area contributed by atoms with Gasteiger partial charge < -0.3 is 14.4 Å². The van der Waals surface area contributed by atoms with Gasteiger partial charge in [0.05, 0.1) is 30.6 Å². The molecule has 1 fully saturated rings. The fourth-order valence-electron chi connectivity index (χ4n) is 4.47. The van der Waals surface area contributed by atoms with Crippen molar-refractivity contribution in [3.63, 3.8) is 0 Å². The van der Waals surface area contributed by atoms with E-state index in [1.54, 1.807) is 13.3 Å². The van der Waals surface area contributed by atoms with Crippen LogP contribution in [0.3, 0.4) is 0 Å². The SMILES string of the molecule is C=CC(=O)N1CCCCC1c1nc(-c2ccc(Oc3cccc(OC)c3)cc2)c2cnccn12. The summed E-state index contributed by atoms with van der Waals surface area (Å²) in [6.45, 7) is 4.39. The molecule has 3 heterocycles. The lowest BCUT2D eigenvalue weighted by molar-refractivity contribution is -0.129. The van der Waals surface area contributed by atoms with Crippen LogP contribution in [0.2, 0.25) is 0 Å². The summed E-state index contributed by atoms with van der Waals surface area (Å²) in [6, 6.07) is 15.2. The molecule has 5 rings (SSSR count). The van der Waals surface area contributed by atoms with E-state index in [1.165, 1.54) is 6.08 Å². The van der Waals surface area contributed by atoms with Crippen LogP contribution < -0.4 is 9.47 Å². The number of rotatable bonds is 6. The van der Waals surface area contributed by atoms with Crippen LogP contribution in [-0.2, 0) is 4.79 Å². The molecule has 2 aromatic heterocycles. The van der Waals surface area contributed by atoms with E-state index in [4.69, 9.17) is 14.5 Å². The molecule has 1 amide bonds. The van der Waals surface area contributed by atoms with Crippen molar-refractivity contribution in [2.45, 2.75) is 25.3 Å². The largest absolute Gasteiger partial charge is 0.497 e. The second-order valence-electron chi connectivity index (χ2n) is 8.20. The summed E-state index contributed by atoms with van der Waals surface area (Å²) in [6.07, 6.45) is 9.77. The highest BCUT2D eigenvalue weighted by Gasteiger charge is 2.30. The maximum absolute atomic E-state index is 12.5. The number of imidazole rings is 1. The summed E-state index contributed by atoms with van der Waals surface area (Å²) in [5.74, 6) is 2.95. The minimum Gasteiger partial charge on any atom is -0.497 e. The Labute approximate surface area is 198 Å². The Balaban J connectivity index is 1.48. The van der Waals surface area contributed by atoms with Crippen molar-refractivity contribution in [2.24, 2.45) is 0 Å². The molecule has 4 aromatic rings. The van der Waals surface area contributed by atoms with Crippen LogP contribution in [0.15, 0.2) is 79.8 Å². The van der Waals surface area contributed by atoms with E-state index in [0.717, 1.165) is 47.6 Å². The molecule has 0 saturated carbocycles. The fourth-order valence-corrected chi connectivity index (χ4v) is 4.47. The van der Waals surface area contributed by atoms with Gasteiger partial charge in [0, 0.05) is 30.6 Å². The number of carbonyl (C=O) groups excluding carboxylic acids is 1. The molecular weight excluding hydrogens is 428 g/mol. The molecule has 1 unspecified atom stereocenters. The second kappa shape index (κ2) is 9.39. The van der Waals surface area contributed by atoms with E-state index in [2.05, 4.69) is 11.6 Å². The van der Waals surface area contributed by atoms with Crippen LogP contribution in [-0.4, -0.2) is 38.8 Å². The Morgan fingerprint density at radius 2 is 1.94 bits per heavy atom. The van der Waals surface area contributed by atoms with Gasteiger partial charge in [0.15, 0.2) is 0 Å². The third kappa shape index (κ3) is 4.12.